The highest BCUT2D eigenvalue weighted by molar-refractivity contribution is 5.95. The molecule has 21 heavy (non-hydrogen) atoms. The lowest BCUT2D eigenvalue weighted by Gasteiger charge is -2.07. The molecular formula is C13H17FN2O5. The van der Waals surface area contributed by atoms with Crippen LogP contribution in [-0.2, 0) is 9.47 Å². The first-order valence-electron chi connectivity index (χ1n) is 6.35. The number of hydrogen-bond donors (Lipinski definition) is 1. The zero-order chi connectivity index (χ0) is 15.7. The van der Waals surface area contributed by atoms with Crippen LogP contribution in [0.5, 0.6) is 0 Å². The zero-order valence-corrected chi connectivity index (χ0v) is 11.6. The van der Waals surface area contributed by atoms with Gasteiger partial charge in [-0.25, -0.2) is 4.39 Å². The fourth-order valence-electron chi connectivity index (χ4n) is 1.52. The summed E-state index contributed by atoms with van der Waals surface area (Å²) < 4.78 is 23.5. The van der Waals surface area contributed by atoms with Crippen molar-refractivity contribution in [2.24, 2.45) is 0 Å². The fourth-order valence-corrected chi connectivity index (χ4v) is 1.52. The Bertz CT molecular complexity index is 495. The Hall–Kier alpha value is -2.06. The van der Waals surface area contributed by atoms with Gasteiger partial charge in [0.2, 0.25) is 0 Å². The number of carbonyl (C=O) groups excluding carboxylic acids is 1. The number of ether oxygens (including phenoxy) is 2. The second kappa shape index (κ2) is 8.98. The molecule has 0 saturated heterocycles. The van der Waals surface area contributed by atoms with Gasteiger partial charge < -0.3 is 14.8 Å². The maximum absolute atomic E-state index is 13.5. The maximum Gasteiger partial charge on any atom is 0.270 e. The molecule has 0 fully saturated rings. The topological polar surface area (TPSA) is 90.7 Å². The Morgan fingerprint density at radius 1 is 1.38 bits per heavy atom. The third-order valence-electron chi connectivity index (χ3n) is 2.59. The summed E-state index contributed by atoms with van der Waals surface area (Å²) in [6.45, 7) is 1.67. The van der Waals surface area contributed by atoms with Crippen LogP contribution < -0.4 is 5.32 Å². The molecule has 0 saturated carbocycles. The van der Waals surface area contributed by atoms with E-state index in [9.17, 15) is 19.3 Å². The van der Waals surface area contributed by atoms with E-state index in [-0.39, 0.29) is 17.8 Å². The van der Waals surface area contributed by atoms with Crippen LogP contribution in [0.2, 0.25) is 0 Å². The van der Waals surface area contributed by atoms with Crippen LogP contribution in [0.3, 0.4) is 0 Å². The summed E-state index contributed by atoms with van der Waals surface area (Å²) in [5, 5.41) is 13.1. The highest BCUT2D eigenvalue weighted by atomic mass is 19.1. The number of nitrogens with zero attached hydrogens (tertiary/aromatic N) is 1. The van der Waals surface area contributed by atoms with Gasteiger partial charge in [0.1, 0.15) is 5.82 Å². The second-order valence-electron chi connectivity index (χ2n) is 4.14. The van der Waals surface area contributed by atoms with E-state index in [1.807, 2.05) is 0 Å². The minimum Gasteiger partial charge on any atom is -0.382 e. The monoisotopic (exact) mass is 300 g/mol. The van der Waals surface area contributed by atoms with Crippen LogP contribution in [-0.4, -0.2) is 44.3 Å². The molecule has 1 rings (SSSR count). The molecule has 1 aromatic rings. The fraction of sp³-hybridized carbons (Fsp3) is 0.462. The molecule has 0 atom stereocenters. The third-order valence-corrected chi connectivity index (χ3v) is 2.59. The molecule has 0 aliphatic heterocycles. The van der Waals surface area contributed by atoms with Crippen molar-refractivity contribution in [3.05, 3.63) is 39.7 Å². The van der Waals surface area contributed by atoms with E-state index in [2.05, 4.69) is 5.32 Å². The molecule has 0 unspecified atom stereocenters. The third kappa shape index (κ3) is 5.84. The van der Waals surface area contributed by atoms with Crippen LogP contribution in [0.4, 0.5) is 10.1 Å². The highest BCUT2D eigenvalue weighted by Gasteiger charge is 2.16. The largest absolute Gasteiger partial charge is 0.382 e. The Kier molecular flexibility index (Phi) is 7.27. The number of rotatable bonds is 9. The lowest BCUT2D eigenvalue weighted by atomic mass is 10.1. The molecule has 0 heterocycles. The molecule has 0 bridgehead atoms. The van der Waals surface area contributed by atoms with Gasteiger partial charge in [0.25, 0.3) is 11.6 Å². The number of carbonyl (C=O) groups is 1. The van der Waals surface area contributed by atoms with Crippen LogP contribution in [0.1, 0.15) is 16.8 Å². The van der Waals surface area contributed by atoms with E-state index in [4.69, 9.17) is 9.47 Å². The quantitative estimate of drug-likeness (QED) is 0.424. The summed E-state index contributed by atoms with van der Waals surface area (Å²) in [4.78, 5) is 21.7. The number of methoxy groups -OCH3 is 1. The Morgan fingerprint density at radius 3 is 2.81 bits per heavy atom. The number of nitrogens with one attached hydrogen (secondary N) is 1. The van der Waals surface area contributed by atoms with Gasteiger partial charge in [0.05, 0.1) is 23.7 Å². The summed E-state index contributed by atoms with van der Waals surface area (Å²) in [6, 6.07) is 2.83. The number of amides is 1. The van der Waals surface area contributed by atoms with Gasteiger partial charge in [-0.15, -0.1) is 0 Å². The van der Waals surface area contributed by atoms with Crippen molar-refractivity contribution >= 4 is 11.6 Å². The van der Waals surface area contributed by atoms with Gasteiger partial charge in [0.15, 0.2) is 0 Å². The summed E-state index contributed by atoms with van der Waals surface area (Å²) >= 11 is 0. The van der Waals surface area contributed by atoms with E-state index in [1.54, 1.807) is 7.11 Å². The smallest absolute Gasteiger partial charge is 0.270 e. The lowest BCUT2D eigenvalue weighted by Crippen LogP contribution is -2.26. The number of nitro groups is 1. The number of non-ortho nitro benzene ring substituents is 1. The SMILES string of the molecule is COCCOCCCNC(=O)c1cc([N+](=O)[O-])ccc1F. The van der Waals surface area contributed by atoms with Crippen LogP contribution in [0.25, 0.3) is 0 Å². The van der Waals surface area contributed by atoms with Crippen molar-refractivity contribution < 1.29 is 23.6 Å². The minimum atomic E-state index is -0.797. The molecule has 1 amide bonds. The average molecular weight is 300 g/mol. The molecular weight excluding hydrogens is 283 g/mol. The van der Waals surface area contributed by atoms with Gasteiger partial charge in [0, 0.05) is 32.4 Å². The zero-order valence-electron chi connectivity index (χ0n) is 11.6. The molecule has 0 aliphatic rings. The van der Waals surface area contributed by atoms with Gasteiger partial charge >= 0.3 is 0 Å². The number of benzene rings is 1. The molecule has 1 aromatic carbocycles. The van der Waals surface area contributed by atoms with Crippen LogP contribution >= 0.6 is 0 Å². The molecule has 0 radical (unpaired) electrons. The van der Waals surface area contributed by atoms with Crippen molar-refractivity contribution in [2.75, 3.05) is 33.5 Å². The maximum atomic E-state index is 13.5. The predicted molar refractivity (Wildman–Crippen MR) is 72.7 cm³/mol. The molecule has 116 valence electrons. The second-order valence-corrected chi connectivity index (χ2v) is 4.14. The first kappa shape index (κ1) is 17.0. The van der Waals surface area contributed by atoms with Crippen molar-refractivity contribution in [1.29, 1.82) is 0 Å². The van der Waals surface area contributed by atoms with Crippen molar-refractivity contribution in [3.63, 3.8) is 0 Å². The van der Waals surface area contributed by atoms with Gasteiger partial charge in [-0.1, -0.05) is 0 Å². The molecule has 1 N–H and O–H groups in total. The molecule has 0 aliphatic carbocycles. The first-order chi connectivity index (χ1) is 10.1. The molecule has 0 aromatic heterocycles. The molecule has 7 nitrogen and oxygen atoms in total. The number of nitro benzene ring substituents is 1. The molecule has 0 spiro atoms. The Morgan fingerprint density at radius 2 is 2.14 bits per heavy atom. The van der Waals surface area contributed by atoms with E-state index >= 15 is 0 Å². The number of halogens is 1. The minimum absolute atomic E-state index is 0.286. The Labute approximate surface area is 121 Å². The average Bonchev–Trinajstić information content (AvgIpc) is 2.46. The normalized spacial score (nSPS) is 10.4. The summed E-state index contributed by atoms with van der Waals surface area (Å²) in [7, 11) is 1.57. The summed E-state index contributed by atoms with van der Waals surface area (Å²) in [5.74, 6) is -1.48. The standard InChI is InChI=1S/C13H17FN2O5/c1-20-7-8-21-6-2-5-15-13(17)11-9-10(16(18)19)3-4-12(11)14/h3-4,9H,2,5-8H2,1H3,(H,15,17). The van der Waals surface area contributed by atoms with E-state index in [0.29, 0.717) is 26.2 Å². The summed E-state index contributed by atoms with van der Waals surface area (Å²) in [5.41, 5.74) is -0.672. The van der Waals surface area contributed by atoms with Crippen molar-refractivity contribution in [1.82, 2.24) is 5.32 Å². The number of hydrogen-bond acceptors (Lipinski definition) is 5. The lowest BCUT2D eigenvalue weighted by molar-refractivity contribution is -0.384. The van der Waals surface area contributed by atoms with Gasteiger partial charge in [-0.05, 0) is 12.5 Å². The Balaban J connectivity index is 2.41. The van der Waals surface area contributed by atoms with Gasteiger partial charge in [-0.2, -0.15) is 0 Å². The van der Waals surface area contributed by atoms with Crippen LogP contribution in [0, 0.1) is 15.9 Å². The van der Waals surface area contributed by atoms with Crippen molar-refractivity contribution in [2.45, 2.75) is 6.42 Å². The van der Waals surface area contributed by atoms with Gasteiger partial charge in [-0.3, -0.25) is 14.9 Å². The predicted octanol–water partition coefficient (Wildman–Crippen LogP) is 1.52. The van der Waals surface area contributed by atoms with E-state index in [1.165, 1.54) is 0 Å². The summed E-state index contributed by atoms with van der Waals surface area (Å²) in [6.07, 6.45) is 0.548. The van der Waals surface area contributed by atoms with E-state index < -0.39 is 16.6 Å². The first-order valence-corrected chi connectivity index (χ1v) is 6.35. The molecule has 8 heteroatoms. The highest BCUT2D eigenvalue weighted by Crippen LogP contribution is 2.16. The van der Waals surface area contributed by atoms with Crippen molar-refractivity contribution in [3.8, 4) is 0 Å². The van der Waals surface area contributed by atoms with E-state index in [0.717, 1.165) is 18.2 Å². The van der Waals surface area contributed by atoms with Crippen LogP contribution in [0.15, 0.2) is 18.2 Å².